The fraction of sp³-hybridized carbons (Fsp3) is 1.00. The molecule has 0 aliphatic carbocycles. The first-order valence-corrected chi connectivity index (χ1v) is 7.50. The number of piperazine rings is 1. The Hall–Kier alpha value is -0.160. The second-order valence-electron chi connectivity index (χ2n) is 5.08. The van der Waals surface area contributed by atoms with Crippen molar-refractivity contribution in [3.63, 3.8) is 0 Å². The van der Waals surface area contributed by atoms with Gasteiger partial charge in [0.2, 0.25) is 0 Å². The molecule has 1 aliphatic rings. The van der Waals surface area contributed by atoms with Gasteiger partial charge < -0.3 is 14.7 Å². The second kappa shape index (κ2) is 10.7. The lowest BCUT2D eigenvalue weighted by Gasteiger charge is -2.34. The van der Waals surface area contributed by atoms with Crippen molar-refractivity contribution in [1.29, 1.82) is 0 Å². The van der Waals surface area contributed by atoms with Crippen molar-refractivity contribution in [2.24, 2.45) is 0 Å². The molecule has 1 heterocycles. The summed E-state index contributed by atoms with van der Waals surface area (Å²) >= 11 is 0. The molecule has 1 fully saturated rings. The fourth-order valence-corrected chi connectivity index (χ4v) is 2.36. The second-order valence-corrected chi connectivity index (χ2v) is 5.08. The highest BCUT2D eigenvalue weighted by atomic mass is 16.5. The number of hydrogen-bond donors (Lipinski definition) is 1. The van der Waals surface area contributed by atoms with Crippen molar-refractivity contribution in [1.82, 2.24) is 9.80 Å². The number of hydrogen-bond acceptors (Lipinski definition) is 4. The van der Waals surface area contributed by atoms with E-state index in [0.717, 1.165) is 26.2 Å². The van der Waals surface area contributed by atoms with Crippen LogP contribution in [-0.2, 0) is 4.74 Å². The van der Waals surface area contributed by atoms with Crippen LogP contribution in [0.15, 0.2) is 0 Å². The fourth-order valence-electron chi connectivity index (χ4n) is 2.36. The van der Waals surface area contributed by atoms with E-state index in [2.05, 4.69) is 16.7 Å². The van der Waals surface area contributed by atoms with Gasteiger partial charge in [-0.25, -0.2) is 0 Å². The summed E-state index contributed by atoms with van der Waals surface area (Å²) in [5, 5.41) is 8.61. The summed E-state index contributed by atoms with van der Waals surface area (Å²) in [4.78, 5) is 5.04. The minimum atomic E-state index is 0.130. The van der Waals surface area contributed by atoms with Crippen LogP contribution in [0.5, 0.6) is 0 Å². The van der Waals surface area contributed by atoms with Crippen LogP contribution in [0.4, 0.5) is 0 Å². The molecule has 0 radical (unpaired) electrons. The van der Waals surface area contributed by atoms with E-state index in [9.17, 15) is 0 Å². The average Bonchev–Trinajstić information content (AvgIpc) is 2.41. The molecule has 1 rings (SSSR count). The molecule has 0 aromatic rings. The van der Waals surface area contributed by atoms with E-state index >= 15 is 0 Å². The predicted octanol–water partition coefficient (Wildman–Crippen LogP) is 1.19. The standard InChI is InChI=1S/C14H30N2O2/c1-2-3-4-5-6-15-7-9-16(10-8-15)11-13-18-14-12-17/h17H,2-14H2,1H3. The number of aliphatic hydroxyl groups excluding tert-OH is 1. The zero-order chi connectivity index (χ0) is 13.1. The van der Waals surface area contributed by atoms with Gasteiger partial charge in [0.25, 0.3) is 0 Å². The Morgan fingerprint density at radius 1 is 0.889 bits per heavy atom. The monoisotopic (exact) mass is 258 g/mol. The molecule has 18 heavy (non-hydrogen) atoms. The van der Waals surface area contributed by atoms with Crippen molar-refractivity contribution < 1.29 is 9.84 Å². The Morgan fingerprint density at radius 3 is 2.17 bits per heavy atom. The van der Waals surface area contributed by atoms with Gasteiger partial charge in [-0.1, -0.05) is 26.2 Å². The van der Waals surface area contributed by atoms with Crippen LogP contribution < -0.4 is 0 Å². The molecule has 1 N–H and O–H groups in total. The summed E-state index contributed by atoms with van der Waals surface area (Å²) in [6, 6.07) is 0. The maximum absolute atomic E-state index is 8.61. The molecule has 0 amide bonds. The number of unbranched alkanes of at least 4 members (excludes halogenated alkanes) is 3. The lowest BCUT2D eigenvalue weighted by molar-refractivity contribution is 0.0573. The lowest BCUT2D eigenvalue weighted by atomic mass is 10.2. The van der Waals surface area contributed by atoms with E-state index in [0.29, 0.717) is 6.61 Å². The molecule has 0 bridgehead atoms. The molecular formula is C14H30N2O2. The minimum Gasteiger partial charge on any atom is -0.394 e. The number of aliphatic hydroxyl groups is 1. The van der Waals surface area contributed by atoms with Gasteiger partial charge in [-0.2, -0.15) is 0 Å². The van der Waals surface area contributed by atoms with Crippen LogP contribution in [-0.4, -0.2) is 74.0 Å². The highest BCUT2D eigenvalue weighted by Crippen LogP contribution is 2.05. The summed E-state index contributed by atoms with van der Waals surface area (Å²) in [7, 11) is 0. The molecule has 0 unspecified atom stereocenters. The Labute approximate surface area is 112 Å². The molecule has 4 heteroatoms. The van der Waals surface area contributed by atoms with Crippen molar-refractivity contribution in [3.8, 4) is 0 Å². The third-order valence-electron chi connectivity index (χ3n) is 3.58. The Bertz CT molecular complexity index is 163. The molecular weight excluding hydrogens is 228 g/mol. The van der Waals surface area contributed by atoms with E-state index in [1.807, 2.05) is 0 Å². The van der Waals surface area contributed by atoms with Crippen molar-refractivity contribution in [2.45, 2.75) is 32.6 Å². The van der Waals surface area contributed by atoms with E-state index in [4.69, 9.17) is 9.84 Å². The summed E-state index contributed by atoms with van der Waals surface area (Å²) in [5.74, 6) is 0. The van der Waals surface area contributed by atoms with Crippen molar-refractivity contribution in [3.05, 3.63) is 0 Å². The van der Waals surface area contributed by atoms with Crippen LogP contribution in [0, 0.1) is 0 Å². The summed E-state index contributed by atoms with van der Waals surface area (Å²) < 4.78 is 5.30. The largest absolute Gasteiger partial charge is 0.394 e. The molecule has 0 aromatic carbocycles. The zero-order valence-electron chi connectivity index (χ0n) is 11.9. The number of nitrogens with zero attached hydrogens (tertiary/aromatic N) is 2. The van der Waals surface area contributed by atoms with E-state index < -0.39 is 0 Å². The molecule has 0 saturated carbocycles. The first-order valence-electron chi connectivity index (χ1n) is 7.50. The highest BCUT2D eigenvalue weighted by Gasteiger charge is 2.15. The van der Waals surface area contributed by atoms with Gasteiger partial charge in [-0.05, 0) is 13.0 Å². The summed E-state index contributed by atoms with van der Waals surface area (Å²) in [6.07, 6.45) is 5.43. The molecule has 1 aliphatic heterocycles. The van der Waals surface area contributed by atoms with E-state index in [-0.39, 0.29) is 6.61 Å². The van der Waals surface area contributed by atoms with Gasteiger partial charge in [0.1, 0.15) is 0 Å². The first-order chi connectivity index (χ1) is 8.86. The van der Waals surface area contributed by atoms with Gasteiger partial charge in [-0.15, -0.1) is 0 Å². The SMILES string of the molecule is CCCCCCN1CCN(CCOCCO)CC1. The van der Waals surface area contributed by atoms with Crippen LogP contribution in [0.3, 0.4) is 0 Å². The minimum absolute atomic E-state index is 0.130. The van der Waals surface area contributed by atoms with Gasteiger partial charge >= 0.3 is 0 Å². The van der Waals surface area contributed by atoms with Crippen LogP contribution in [0.1, 0.15) is 32.6 Å². The number of rotatable bonds is 10. The topological polar surface area (TPSA) is 35.9 Å². The molecule has 0 aromatic heterocycles. The van der Waals surface area contributed by atoms with Crippen molar-refractivity contribution >= 4 is 0 Å². The maximum atomic E-state index is 8.61. The third kappa shape index (κ3) is 7.31. The van der Waals surface area contributed by atoms with Crippen LogP contribution in [0.25, 0.3) is 0 Å². The third-order valence-corrected chi connectivity index (χ3v) is 3.58. The van der Waals surface area contributed by atoms with Gasteiger partial charge in [-0.3, -0.25) is 4.90 Å². The summed E-state index contributed by atoms with van der Waals surface area (Å²) in [5.41, 5.74) is 0. The number of ether oxygens (including phenoxy) is 1. The van der Waals surface area contributed by atoms with E-state index in [1.165, 1.54) is 45.3 Å². The molecule has 108 valence electrons. The smallest absolute Gasteiger partial charge is 0.0698 e. The highest BCUT2D eigenvalue weighted by molar-refractivity contribution is 4.71. The van der Waals surface area contributed by atoms with Gasteiger partial charge in [0.15, 0.2) is 0 Å². The van der Waals surface area contributed by atoms with Gasteiger partial charge in [0.05, 0.1) is 19.8 Å². The van der Waals surface area contributed by atoms with Crippen molar-refractivity contribution in [2.75, 3.05) is 59.1 Å². The maximum Gasteiger partial charge on any atom is 0.0698 e. The first kappa shape index (κ1) is 15.9. The van der Waals surface area contributed by atoms with Crippen LogP contribution >= 0.6 is 0 Å². The molecule has 1 saturated heterocycles. The predicted molar refractivity (Wildman–Crippen MR) is 74.9 cm³/mol. The lowest BCUT2D eigenvalue weighted by Crippen LogP contribution is -2.47. The Balaban J connectivity index is 1.95. The normalized spacial score (nSPS) is 18.3. The Morgan fingerprint density at radius 2 is 1.56 bits per heavy atom. The molecule has 0 atom stereocenters. The van der Waals surface area contributed by atoms with Crippen LogP contribution in [0.2, 0.25) is 0 Å². The average molecular weight is 258 g/mol. The van der Waals surface area contributed by atoms with Gasteiger partial charge in [0, 0.05) is 32.7 Å². The zero-order valence-corrected chi connectivity index (χ0v) is 11.9. The molecule has 0 spiro atoms. The van der Waals surface area contributed by atoms with E-state index in [1.54, 1.807) is 0 Å². The summed E-state index contributed by atoms with van der Waals surface area (Å²) in [6.45, 7) is 10.6. The quantitative estimate of drug-likeness (QED) is 0.597. The molecule has 4 nitrogen and oxygen atoms in total. The Kier molecular flexibility index (Phi) is 9.48.